The van der Waals surface area contributed by atoms with Gasteiger partial charge in [-0.15, -0.1) is 0 Å². The average molecular weight is 372 g/mol. The van der Waals surface area contributed by atoms with E-state index in [0.717, 1.165) is 24.7 Å². The molecule has 1 atom stereocenters. The first-order valence-corrected chi connectivity index (χ1v) is 10.6. The normalized spacial score (nSPS) is 14.6. The summed E-state index contributed by atoms with van der Waals surface area (Å²) < 4.78 is 25.4. The van der Waals surface area contributed by atoms with Gasteiger partial charge in [0.2, 0.25) is 10.0 Å². The summed E-state index contributed by atoms with van der Waals surface area (Å²) in [7, 11) is -3.40. The van der Waals surface area contributed by atoms with Gasteiger partial charge in [0.1, 0.15) is 0 Å². The number of nitrogens with one attached hydrogen (secondary N) is 2. The van der Waals surface area contributed by atoms with Gasteiger partial charge in [0, 0.05) is 5.56 Å². The third kappa shape index (κ3) is 4.07. The number of sulfonamides is 1. The Morgan fingerprint density at radius 2 is 1.85 bits per heavy atom. The van der Waals surface area contributed by atoms with Crippen LogP contribution in [0, 0.1) is 6.92 Å². The number of hydrogen-bond acceptors (Lipinski definition) is 3. The zero-order valence-electron chi connectivity index (χ0n) is 15.3. The quantitative estimate of drug-likeness (QED) is 0.845. The summed E-state index contributed by atoms with van der Waals surface area (Å²) in [6, 6.07) is 11.3. The summed E-state index contributed by atoms with van der Waals surface area (Å²) in [4.78, 5) is 12.7. The molecule has 2 aromatic carbocycles. The topological polar surface area (TPSA) is 75.3 Å². The van der Waals surface area contributed by atoms with Crippen molar-refractivity contribution in [1.82, 2.24) is 5.32 Å². The Morgan fingerprint density at radius 3 is 2.58 bits per heavy atom. The van der Waals surface area contributed by atoms with E-state index in [4.69, 9.17) is 0 Å². The minimum Gasteiger partial charge on any atom is -0.346 e. The van der Waals surface area contributed by atoms with Crippen LogP contribution in [-0.2, 0) is 22.9 Å². The lowest BCUT2D eigenvalue weighted by molar-refractivity contribution is 0.0939. The number of fused-ring (bicyclic) bond motifs is 1. The van der Waals surface area contributed by atoms with Crippen LogP contribution in [-0.4, -0.2) is 20.6 Å². The molecule has 0 saturated carbocycles. The second-order valence-electron chi connectivity index (χ2n) is 6.93. The minimum atomic E-state index is -3.40. The molecular formula is C20H24N2O3S. The van der Waals surface area contributed by atoms with Gasteiger partial charge < -0.3 is 5.32 Å². The Bertz CT molecular complexity index is 952. The van der Waals surface area contributed by atoms with Crippen LogP contribution in [0.2, 0.25) is 0 Å². The summed E-state index contributed by atoms with van der Waals surface area (Å²) in [6.07, 6.45) is 4.52. The molecule has 26 heavy (non-hydrogen) atoms. The van der Waals surface area contributed by atoms with Crippen molar-refractivity contribution < 1.29 is 13.2 Å². The lowest BCUT2D eigenvalue weighted by Gasteiger charge is -2.17. The summed E-state index contributed by atoms with van der Waals surface area (Å²) in [6.45, 7) is 3.70. The molecule has 0 unspecified atom stereocenters. The predicted octanol–water partition coefficient (Wildman–Crippen LogP) is 3.35. The largest absolute Gasteiger partial charge is 0.346 e. The highest BCUT2D eigenvalue weighted by molar-refractivity contribution is 7.92. The molecule has 3 rings (SSSR count). The first-order chi connectivity index (χ1) is 12.2. The molecule has 1 aliphatic carbocycles. The zero-order chi connectivity index (χ0) is 18.9. The number of carbonyl (C=O) groups excluding carboxylic acids is 1. The van der Waals surface area contributed by atoms with Gasteiger partial charge in [0.25, 0.3) is 5.91 Å². The summed E-state index contributed by atoms with van der Waals surface area (Å²) in [5, 5.41) is 3.02. The van der Waals surface area contributed by atoms with Crippen molar-refractivity contribution in [3.8, 4) is 0 Å². The standard InChI is InChI=1S/C20H24N2O3S/c1-13-18(8-5-9-19(13)22-26(3,24)25)20(23)21-14(2)16-11-10-15-6-4-7-17(15)12-16/h5,8-12,14,22H,4,6-7H2,1-3H3,(H,21,23)/t14-/m0/s1. The van der Waals surface area contributed by atoms with E-state index in [0.29, 0.717) is 16.8 Å². The fourth-order valence-electron chi connectivity index (χ4n) is 3.41. The number of carbonyl (C=O) groups is 1. The SMILES string of the molecule is Cc1c(NS(C)(=O)=O)cccc1C(=O)N[C@@H](C)c1ccc2c(c1)CCC2. The molecule has 0 spiro atoms. The van der Waals surface area contributed by atoms with Crippen LogP contribution in [0.1, 0.15) is 52.0 Å². The molecule has 0 fully saturated rings. The van der Waals surface area contributed by atoms with E-state index in [1.807, 2.05) is 6.92 Å². The number of aryl methyl sites for hydroxylation is 2. The summed E-state index contributed by atoms with van der Waals surface area (Å²) >= 11 is 0. The second-order valence-corrected chi connectivity index (χ2v) is 8.68. The highest BCUT2D eigenvalue weighted by atomic mass is 32.2. The van der Waals surface area contributed by atoms with E-state index >= 15 is 0 Å². The fourth-order valence-corrected chi connectivity index (χ4v) is 4.03. The van der Waals surface area contributed by atoms with Crippen molar-refractivity contribution in [2.45, 2.75) is 39.2 Å². The molecule has 1 aliphatic rings. The van der Waals surface area contributed by atoms with Crippen LogP contribution in [0.3, 0.4) is 0 Å². The van der Waals surface area contributed by atoms with E-state index in [-0.39, 0.29) is 11.9 Å². The van der Waals surface area contributed by atoms with Crippen LogP contribution < -0.4 is 10.0 Å². The van der Waals surface area contributed by atoms with Crippen molar-refractivity contribution in [2.75, 3.05) is 11.0 Å². The maximum atomic E-state index is 12.7. The third-order valence-electron chi connectivity index (χ3n) is 4.84. The van der Waals surface area contributed by atoms with Crippen molar-refractivity contribution in [3.05, 3.63) is 64.2 Å². The van der Waals surface area contributed by atoms with Crippen LogP contribution >= 0.6 is 0 Å². The summed E-state index contributed by atoms with van der Waals surface area (Å²) in [5.74, 6) is -0.215. The van der Waals surface area contributed by atoms with Gasteiger partial charge in [-0.1, -0.05) is 24.3 Å². The van der Waals surface area contributed by atoms with E-state index in [9.17, 15) is 13.2 Å². The monoisotopic (exact) mass is 372 g/mol. The smallest absolute Gasteiger partial charge is 0.252 e. The molecular weight excluding hydrogens is 348 g/mol. The van der Waals surface area contributed by atoms with Crippen molar-refractivity contribution in [1.29, 1.82) is 0 Å². The van der Waals surface area contributed by atoms with E-state index < -0.39 is 10.0 Å². The average Bonchev–Trinajstić information content (AvgIpc) is 3.03. The molecule has 6 heteroatoms. The minimum absolute atomic E-state index is 0.126. The number of rotatable bonds is 5. The first kappa shape index (κ1) is 18.5. The maximum absolute atomic E-state index is 12.7. The Hall–Kier alpha value is -2.34. The van der Waals surface area contributed by atoms with E-state index in [1.165, 1.54) is 17.5 Å². The van der Waals surface area contributed by atoms with E-state index in [1.54, 1.807) is 25.1 Å². The second kappa shape index (κ2) is 7.11. The lowest BCUT2D eigenvalue weighted by Crippen LogP contribution is -2.27. The lowest BCUT2D eigenvalue weighted by atomic mass is 10.0. The number of hydrogen-bond donors (Lipinski definition) is 2. The summed E-state index contributed by atoms with van der Waals surface area (Å²) in [5.41, 5.74) is 5.36. The van der Waals surface area contributed by atoms with Crippen LogP contribution in [0.15, 0.2) is 36.4 Å². The van der Waals surface area contributed by atoms with Gasteiger partial charge in [0.15, 0.2) is 0 Å². The molecule has 0 radical (unpaired) electrons. The Balaban J connectivity index is 1.78. The Morgan fingerprint density at radius 1 is 1.12 bits per heavy atom. The van der Waals surface area contributed by atoms with Gasteiger partial charge in [-0.3, -0.25) is 9.52 Å². The Labute approximate surface area is 154 Å². The molecule has 0 heterocycles. The van der Waals surface area contributed by atoms with Crippen LogP contribution in [0.4, 0.5) is 5.69 Å². The van der Waals surface area contributed by atoms with Gasteiger partial charge in [-0.2, -0.15) is 0 Å². The molecule has 2 aromatic rings. The Kier molecular flexibility index (Phi) is 5.05. The predicted molar refractivity (Wildman–Crippen MR) is 104 cm³/mol. The van der Waals surface area contributed by atoms with Gasteiger partial charge in [-0.05, 0) is 67.5 Å². The van der Waals surface area contributed by atoms with Crippen molar-refractivity contribution in [2.24, 2.45) is 0 Å². The van der Waals surface area contributed by atoms with Crippen LogP contribution in [0.25, 0.3) is 0 Å². The van der Waals surface area contributed by atoms with E-state index in [2.05, 4.69) is 28.2 Å². The molecule has 1 amide bonds. The molecule has 2 N–H and O–H groups in total. The molecule has 0 saturated heterocycles. The molecule has 138 valence electrons. The van der Waals surface area contributed by atoms with Gasteiger partial charge >= 0.3 is 0 Å². The molecule has 5 nitrogen and oxygen atoms in total. The number of benzene rings is 2. The number of amides is 1. The molecule has 0 aromatic heterocycles. The number of anilines is 1. The highest BCUT2D eigenvalue weighted by Crippen LogP contribution is 2.26. The fraction of sp³-hybridized carbons (Fsp3) is 0.350. The maximum Gasteiger partial charge on any atom is 0.252 e. The molecule has 0 bridgehead atoms. The van der Waals surface area contributed by atoms with Crippen molar-refractivity contribution >= 4 is 21.6 Å². The third-order valence-corrected chi connectivity index (χ3v) is 5.43. The first-order valence-electron chi connectivity index (χ1n) is 8.74. The highest BCUT2D eigenvalue weighted by Gasteiger charge is 2.18. The van der Waals surface area contributed by atoms with Crippen molar-refractivity contribution in [3.63, 3.8) is 0 Å². The van der Waals surface area contributed by atoms with Crippen LogP contribution in [0.5, 0.6) is 0 Å². The zero-order valence-corrected chi connectivity index (χ0v) is 16.1. The molecule has 0 aliphatic heterocycles. The van der Waals surface area contributed by atoms with Gasteiger partial charge in [-0.25, -0.2) is 8.42 Å². The van der Waals surface area contributed by atoms with Gasteiger partial charge in [0.05, 0.1) is 18.0 Å².